The van der Waals surface area contributed by atoms with Crippen LogP contribution in [0.2, 0.25) is 0 Å². The molecule has 0 bridgehead atoms. The molecule has 0 saturated heterocycles. The molecule has 2 N–H and O–H groups in total. The van der Waals surface area contributed by atoms with Gasteiger partial charge in [0.25, 0.3) is 0 Å². The van der Waals surface area contributed by atoms with Crippen LogP contribution in [0.25, 0.3) is 11.0 Å². The molecule has 2 aromatic rings. The molecule has 2 rings (SSSR count). The van der Waals surface area contributed by atoms with E-state index in [-0.39, 0.29) is 6.10 Å². The van der Waals surface area contributed by atoms with Crippen LogP contribution in [0.5, 0.6) is 5.75 Å². The molecule has 1 heterocycles. The fourth-order valence-corrected chi connectivity index (χ4v) is 2.01. The lowest BCUT2D eigenvalue weighted by atomic mass is 10.3. The molecule has 0 aliphatic carbocycles. The van der Waals surface area contributed by atoms with E-state index in [1.54, 1.807) is 0 Å². The number of aromatic amines is 1. The molecule has 0 unspecified atom stereocenters. The standard InChI is InChI=1S/C15H23N3O/c1-4-8-16-9-7-15-17-13-6-5-12(19-11(2)3)10-14(13)18-15/h5-6,10-11,16H,4,7-9H2,1-3H3,(H,17,18). The van der Waals surface area contributed by atoms with Crippen LogP contribution >= 0.6 is 0 Å². The highest BCUT2D eigenvalue weighted by molar-refractivity contribution is 5.76. The van der Waals surface area contributed by atoms with Gasteiger partial charge in [0, 0.05) is 19.0 Å². The maximum atomic E-state index is 5.68. The molecule has 0 radical (unpaired) electrons. The van der Waals surface area contributed by atoms with E-state index < -0.39 is 0 Å². The van der Waals surface area contributed by atoms with E-state index in [1.807, 2.05) is 32.0 Å². The summed E-state index contributed by atoms with van der Waals surface area (Å²) in [4.78, 5) is 7.93. The summed E-state index contributed by atoms with van der Waals surface area (Å²) in [5.41, 5.74) is 2.05. The molecule has 0 spiro atoms. The van der Waals surface area contributed by atoms with Crippen molar-refractivity contribution >= 4 is 11.0 Å². The molecule has 0 aliphatic rings. The molecular weight excluding hydrogens is 238 g/mol. The topological polar surface area (TPSA) is 49.9 Å². The van der Waals surface area contributed by atoms with Gasteiger partial charge in [0.05, 0.1) is 17.1 Å². The van der Waals surface area contributed by atoms with Crippen LogP contribution in [0.15, 0.2) is 18.2 Å². The highest BCUT2D eigenvalue weighted by atomic mass is 16.5. The number of hydrogen-bond acceptors (Lipinski definition) is 3. The Balaban J connectivity index is 2.03. The summed E-state index contributed by atoms with van der Waals surface area (Å²) in [5.74, 6) is 1.92. The van der Waals surface area contributed by atoms with Gasteiger partial charge < -0.3 is 15.0 Å². The van der Waals surface area contributed by atoms with E-state index in [0.29, 0.717) is 0 Å². The number of nitrogens with one attached hydrogen (secondary N) is 2. The minimum atomic E-state index is 0.193. The average Bonchev–Trinajstić information content (AvgIpc) is 2.76. The molecule has 104 valence electrons. The Kier molecular flexibility index (Phi) is 4.80. The Morgan fingerprint density at radius 1 is 1.32 bits per heavy atom. The van der Waals surface area contributed by atoms with Gasteiger partial charge in [-0.3, -0.25) is 0 Å². The number of imidazole rings is 1. The number of fused-ring (bicyclic) bond motifs is 1. The van der Waals surface area contributed by atoms with Gasteiger partial charge in [-0.25, -0.2) is 4.98 Å². The van der Waals surface area contributed by atoms with Crippen LogP contribution in [-0.2, 0) is 6.42 Å². The zero-order valence-electron chi connectivity index (χ0n) is 12.0. The summed E-state index contributed by atoms with van der Waals surface area (Å²) in [6, 6.07) is 6.00. The predicted molar refractivity (Wildman–Crippen MR) is 78.7 cm³/mol. The van der Waals surface area contributed by atoms with Crippen molar-refractivity contribution in [1.29, 1.82) is 0 Å². The smallest absolute Gasteiger partial charge is 0.121 e. The van der Waals surface area contributed by atoms with Crippen molar-refractivity contribution in [2.75, 3.05) is 13.1 Å². The van der Waals surface area contributed by atoms with Crippen LogP contribution in [0.3, 0.4) is 0 Å². The monoisotopic (exact) mass is 261 g/mol. The Labute approximate surface area is 114 Å². The zero-order chi connectivity index (χ0) is 13.7. The van der Waals surface area contributed by atoms with Crippen LogP contribution < -0.4 is 10.1 Å². The van der Waals surface area contributed by atoms with Gasteiger partial charge in [-0.15, -0.1) is 0 Å². The Morgan fingerprint density at radius 3 is 2.89 bits per heavy atom. The van der Waals surface area contributed by atoms with Crippen molar-refractivity contribution in [2.45, 2.75) is 39.7 Å². The lowest BCUT2D eigenvalue weighted by Crippen LogP contribution is -2.18. The molecule has 0 saturated carbocycles. The van der Waals surface area contributed by atoms with Gasteiger partial charge in [0.15, 0.2) is 0 Å². The molecule has 19 heavy (non-hydrogen) atoms. The number of rotatable bonds is 7. The van der Waals surface area contributed by atoms with Crippen LogP contribution in [0, 0.1) is 0 Å². The third-order valence-electron chi connectivity index (χ3n) is 2.84. The Bertz CT molecular complexity index is 519. The van der Waals surface area contributed by atoms with E-state index in [0.717, 1.165) is 48.5 Å². The molecule has 0 atom stereocenters. The SMILES string of the molecule is CCCNCCc1nc2ccc(OC(C)C)cc2[nH]1. The van der Waals surface area contributed by atoms with Crippen LogP contribution in [0.4, 0.5) is 0 Å². The van der Waals surface area contributed by atoms with E-state index in [1.165, 1.54) is 0 Å². The average molecular weight is 261 g/mol. The summed E-state index contributed by atoms with van der Waals surface area (Å²) >= 11 is 0. The third-order valence-corrected chi connectivity index (χ3v) is 2.84. The van der Waals surface area contributed by atoms with Gasteiger partial charge in [-0.05, 0) is 38.9 Å². The van der Waals surface area contributed by atoms with E-state index >= 15 is 0 Å². The maximum absolute atomic E-state index is 5.68. The van der Waals surface area contributed by atoms with Gasteiger partial charge in [-0.1, -0.05) is 6.92 Å². The van der Waals surface area contributed by atoms with Crippen molar-refractivity contribution in [3.8, 4) is 5.75 Å². The first-order valence-corrected chi connectivity index (χ1v) is 7.05. The summed E-state index contributed by atoms with van der Waals surface area (Å²) in [7, 11) is 0. The molecule has 4 heteroatoms. The van der Waals surface area contributed by atoms with E-state index in [9.17, 15) is 0 Å². The maximum Gasteiger partial charge on any atom is 0.121 e. The summed E-state index contributed by atoms with van der Waals surface area (Å²) in [6.45, 7) is 8.25. The largest absolute Gasteiger partial charge is 0.491 e. The fraction of sp³-hybridized carbons (Fsp3) is 0.533. The van der Waals surface area contributed by atoms with Crippen LogP contribution in [-0.4, -0.2) is 29.2 Å². The Hall–Kier alpha value is -1.55. The molecular formula is C15H23N3O. The van der Waals surface area contributed by atoms with E-state index in [4.69, 9.17) is 4.74 Å². The fourth-order valence-electron chi connectivity index (χ4n) is 2.01. The van der Waals surface area contributed by atoms with Gasteiger partial charge in [0.1, 0.15) is 11.6 Å². The van der Waals surface area contributed by atoms with Crippen LogP contribution in [0.1, 0.15) is 33.0 Å². The van der Waals surface area contributed by atoms with E-state index in [2.05, 4.69) is 22.2 Å². The molecule has 0 amide bonds. The van der Waals surface area contributed by atoms with Gasteiger partial charge in [-0.2, -0.15) is 0 Å². The second kappa shape index (κ2) is 6.57. The zero-order valence-corrected chi connectivity index (χ0v) is 12.0. The minimum Gasteiger partial charge on any atom is -0.491 e. The number of aromatic nitrogens is 2. The minimum absolute atomic E-state index is 0.193. The second-order valence-corrected chi connectivity index (χ2v) is 5.03. The molecule has 1 aromatic heterocycles. The third kappa shape index (κ3) is 3.96. The number of H-pyrrole nitrogens is 1. The van der Waals surface area contributed by atoms with Crippen molar-refractivity contribution in [2.24, 2.45) is 0 Å². The number of ether oxygens (including phenoxy) is 1. The second-order valence-electron chi connectivity index (χ2n) is 5.03. The molecule has 0 aliphatic heterocycles. The van der Waals surface area contributed by atoms with Gasteiger partial charge >= 0.3 is 0 Å². The van der Waals surface area contributed by atoms with Crippen molar-refractivity contribution in [3.63, 3.8) is 0 Å². The summed E-state index contributed by atoms with van der Waals surface area (Å²) in [6.07, 6.45) is 2.28. The predicted octanol–water partition coefficient (Wildman–Crippen LogP) is 2.89. The van der Waals surface area contributed by atoms with Crippen molar-refractivity contribution in [3.05, 3.63) is 24.0 Å². The first-order valence-electron chi connectivity index (χ1n) is 7.05. The normalized spacial score (nSPS) is 11.4. The highest BCUT2D eigenvalue weighted by Gasteiger charge is 2.05. The highest BCUT2D eigenvalue weighted by Crippen LogP contribution is 2.20. The molecule has 1 aromatic carbocycles. The summed E-state index contributed by atoms with van der Waals surface area (Å²) < 4.78 is 5.68. The molecule has 0 fully saturated rings. The Morgan fingerprint density at radius 2 is 2.16 bits per heavy atom. The first kappa shape index (κ1) is 13.9. The summed E-state index contributed by atoms with van der Waals surface area (Å²) in [5, 5.41) is 3.38. The number of nitrogens with zero attached hydrogens (tertiary/aromatic N) is 1. The lowest BCUT2D eigenvalue weighted by molar-refractivity contribution is 0.242. The quantitative estimate of drug-likeness (QED) is 0.753. The number of benzene rings is 1. The number of hydrogen-bond donors (Lipinski definition) is 2. The van der Waals surface area contributed by atoms with Gasteiger partial charge in [0.2, 0.25) is 0 Å². The lowest BCUT2D eigenvalue weighted by Gasteiger charge is -2.08. The molecule has 4 nitrogen and oxygen atoms in total. The van der Waals surface area contributed by atoms with Crippen molar-refractivity contribution < 1.29 is 4.74 Å². The van der Waals surface area contributed by atoms with Crippen molar-refractivity contribution in [1.82, 2.24) is 15.3 Å². The first-order chi connectivity index (χ1) is 9.19.